The summed E-state index contributed by atoms with van der Waals surface area (Å²) in [4.78, 5) is 0. The molecule has 2 heteroatoms. The summed E-state index contributed by atoms with van der Waals surface area (Å²) in [5, 5.41) is 9.65. The van der Waals surface area contributed by atoms with E-state index < -0.39 is 0 Å². The van der Waals surface area contributed by atoms with Crippen molar-refractivity contribution in [3.05, 3.63) is 0 Å². The summed E-state index contributed by atoms with van der Waals surface area (Å²) in [5.74, 6) is 0.639. The van der Waals surface area contributed by atoms with Crippen molar-refractivity contribution in [2.75, 3.05) is 0 Å². The fourth-order valence-electron chi connectivity index (χ4n) is 2.22. The van der Waals surface area contributed by atoms with E-state index in [-0.39, 0.29) is 11.7 Å². The molecule has 2 heterocycles. The Balaban J connectivity index is 2.18. The van der Waals surface area contributed by atoms with Crippen molar-refractivity contribution in [2.45, 2.75) is 50.9 Å². The van der Waals surface area contributed by atoms with E-state index in [1.54, 1.807) is 0 Å². The van der Waals surface area contributed by atoms with Crippen molar-refractivity contribution in [3.63, 3.8) is 0 Å². The topological polar surface area (TPSA) is 29.5 Å². The van der Waals surface area contributed by atoms with Gasteiger partial charge in [-0.3, -0.25) is 0 Å². The molecule has 2 rings (SSSR count). The molecule has 0 aromatic carbocycles. The zero-order chi connectivity index (χ0) is 8.06. The third-order valence-electron chi connectivity index (χ3n) is 3.31. The van der Waals surface area contributed by atoms with Crippen molar-refractivity contribution in [1.82, 2.24) is 0 Å². The SMILES string of the molecule is CC1CCC2(C)OC1CC2O. The highest BCUT2D eigenvalue weighted by Gasteiger charge is 2.49. The zero-order valence-electron chi connectivity index (χ0n) is 7.21. The Kier molecular flexibility index (Phi) is 1.52. The Morgan fingerprint density at radius 1 is 1.55 bits per heavy atom. The van der Waals surface area contributed by atoms with Gasteiger partial charge in [0.2, 0.25) is 0 Å². The molecule has 2 fully saturated rings. The van der Waals surface area contributed by atoms with Crippen molar-refractivity contribution in [2.24, 2.45) is 5.92 Å². The average Bonchev–Trinajstić information content (AvgIpc) is 2.20. The number of aliphatic hydroxyl groups is 1. The summed E-state index contributed by atoms with van der Waals surface area (Å²) in [7, 11) is 0. The highest BCUT2D eigenvalue weighted by Crippen LogP contribution is 2.43. The van der Waals surface area contributed by atoms with Crippen LogP contribution >= 0.6 is 0 Å². The number of fused-ring (bicyclic) bond motifs is 2. The lowest BCUT2D eigenvalue weighted by atomic mass is 9.92. The summed E-state index contributed by atoms with van der Waals surface area (Å²) in [6.07, 6.45) is 3.17. The van der Waals surface area contributed by atoms with Gasteiger partial charge in [-0.15, -0.1) is 0 Å². The summed E-state index contributed by atoms with van der Waals surface area (Å²) in [5.41, 5.74) is -0.211. The largest absolute Gasteiger partial charge is 0.390 e. The summed E-state index contributed by atoms with van der Waals surface area (Å²) in [6.45, 7) is 4.24. The molecule has 2 aliphatic rings. The Morgan fingerprint density at radius 2 is 2.27 bits per heavy atom. The van der Waals surface area contributed by atoms with Gasteiger partial charge in [0.15, 0.2) is 0 Å². The molecule has 4 unspecified atom stereocenters. The molecule has 2 bridgehead atoms. The standard InChI is InChI=1S/C9H16O2/c1-6-3-4-9(2)8(10)5-7(6)11-9/h6-8,10H,3-5H2,1-2H3. The molecule has 2 saturated heterocycles. The van der Waals surface area contributed by atoms with E-state index in [1.165, 1.54) is 6.42 Å². The molecule has 64 valence electrons. The van der Waals surface area contributed by atoms with Gasteiger partial charge in [0.25, 0.3) is 0 Å². The third-order valence-corrected chi connectivity index (χ3v) is 3.31. The van der Waals surface area contributed by atoms with Crippen LogP contribution in [-0.2, 0) is 4.74 Å². The van der Waals surface area contributed by atoms with Gasteiger partial charge in [-0.2, -0.15) is 0 Å². The zero-order valence-corrected chi connectivity index (χ0v) is 7.21. The quantitative estimate of drug-likeness (QED) is 0.573. The van der Waals surface area contributed by atoms with Crippen LogP contribution in [0, 0.1) is 5.92 Å². The third kappa shape index (κ3) is 1.00. The van der Waals surface area contributed by atoms with Crippen LogP contribution in [0.15, 0.2) is 0 Å². The first-order chi connectivity index (χ1) is 5.12. The van der Waals surface area contributed by atoms with Crippen LogP contribution in [0.4, 0.5) is 0 Å². The number of hydrogen-bond acceptors (Lipinski definition) is 2. The molecule has 2 nitrogen and oxygen atoms in total. The van der Waals surface area contributed by atoms with Gasteiger partial charge in [0.1, 0.15) is 0 Å². The van der Waals surface area contributed by atoms with E-state index in [4.69, 9.17) is 4.74 Å². The highest BCUT2D eigenvalue weighted by atomic mass is 16.5. The van der Waals surface area contributed by atoms with E-state index in [9.17, 15) is 5.11 Å². The molecule has 0 aromatic heterocycles. The Hall–Kier alpha value is -0.0800. The maximum atomic E-state index is 9.65. The van der Waals surface area contributed by atoms with E-state index in [0.29, 0.717) is 12.0 Å². The predicted molar refractivity (Wildman–Crippen MR) is 42.3 cm³/mol. The monoisotopic (exact) mass is 156 g/mol. The molecular formula is C9H16O2. The van der Waals surface area contributed by atoms with Crippen molar-refractivity contribution >= 4 is 0 Å². The maximum absolute atomic E-state index is 9.65. The van der Waals surface area contributed by atoms with Gasteiger partial charge in [0, 0.05) is 6.42 Å². The number of ether oxygens (including phenoxy) is 1. The number of aliphatic hydroxyl groups excluding tert-OH is 1. The van der Waals surface area contributed by atoms with Crippen LogP contribution in [-0.4, -0.2) is 22.9 Å². The Bertz CT molecular complexity index is 169. The van der Waals surface area contributed by atoms with E-state index >= 15 is 0 Å². The van der Waals surface area contributed by atoms with Gasteiger partial charge >= 0.3 is 0 Å². The fourth-order valence-corrected chi connectivity index (χ4v) is 2.22. The van der Waals surface area contributed by atoms with Crippen LogP contribution in [0.3, 0.4) is 0 Å². The number of hydrogen-bond donors (Lipinski definition) is 1. The van der Waals surface area contributed by atoms with Crippen LogP contribution in [0.25, 0.3) is 0 Å². The summed E-state index contributed by atoms with van der Waals surface area (Å²) < 4.78 is 5.76. The molecule has 2 aliphatic heterocycles. The van der Waals surface area contributed by atoms with Gasteiger partial charge < -0.3 is 9.84 Å². The fraction of sp³-hybridized carbons (Fsp3) is 1.00. The van der Waals surface area contributed by atoms with Crippen molar-refractivity contribution in [1.29, 1.82) is 0 Å². The van der Waals surface area contributed by atoms with Gasteiger partial charge in [-0.05, 0) is 25.7 Å². The summed E-state index contributed by atoms with van der Waals surface area (Å²) >= 11 is 0. The van der Waals surface area contributed by atoms with Crippen LogP contribution in [0.1, 0.15) is 33.1 Å². The van der Waals surface area contributed by atoms with E-state index in [1.807, 2.05) is 6.92 Å². The lowest BCUT2D eigenvalue weighted by Crippen LogP contribution is -2.39. The second-order valence-corrected chi connectivity index (χ2v) is 4.24. The molecule has 0 amide bonds. The minimum Gasteiger partial charge on any atom is -0.390 e. The van der Waals surface area contributed by atoms with Crippen molar-refractivity contribution < 1.29 is 9.84 Å². The van der Waals surface area contributed by atoms with E-state index in [0.717, 1.165) is 12.8 Å². The molecule has 0 spiro atoms. The first-order valence-electron chi connectivity index (χ1n) is 4.48. The second kappa shape index (κ2) is 2.20. The molecule has 1 N–H and O–H groups in total. The van der Waals surface area contributed by atoms with Gasteiger partial charge in [0.05, 0.1) is 17.8 Å². The summed E-state index contributed by atoms with van der Waals surface area (Å²) in [6, 6.07) is 0. The van der Waals surface area contributed by atoms with Gasteiger partial charge in [-0.25, -0.2) is 0 Å². The maximum Gasteiger partial charge on any atom is 0.0917 e. The molecule has 0 aliphatic carbocycles. The number of rotatable bonds is 0. The Morgan fingerprint density at radius 3 is 2.91 bits per heavy atom. The molecule has 0 aromatic rings. The normalized spacial score (nSPS) is 56.5. The lowest BCUT2D eigenvalue weighted by molar-refractivity contribution is -0.116. The van der Waals surface area contributed by atoms with Gasteiger partial charge in [-0.1, -0.05) is 6.92 Å². The second-order valence-electron chi connectivity index (χ2n) is 4.24. The minimum absolute atomic E-state index is 0.211. The molecule has 11 heavy (non-hydrogen) atoms. The first-order valence-corrected chi connectivity index (χ1v) is 4.48. The smallest absolute Gasteiger partial charge is 0.0917 e. The minimum atomic E-state index is -0.225. The van der Waals surface area contributed by atoms with Crippen LogP contribution in [0.5, 0.6) is 0 Å². The average molecular weight is 156 g/mol. The molecular weight excluding hydrogens is 140 g/mol. The molecule has 4 atom stereocenters. The molecule has 0 saturated carbocycles. The van der Waals surface area contributed by atoms with Crippen LogP contribution in [0.2, 0.25) is 0 Å². The van der Waals surface area contributed by atoms with Crippen LogP contribution < -0.4 is 0 Å². The highest BCUT2D eigenvalue weighted by molar-refractivity contribution is 4.98. The molecule has 0 radical (unpaired) electrons. The lowest BCUT2D eigenvalue weighted by Gasteiger charge is -2.34. The van der Waals surface area contributed by atoms with E-state index in [2.05, 4.69) is 6.92 Å². The Labute approximate surface area is 67.6 Å². The predicted octanol–water partition coefficient (Wildman–Crippen LogP) is 1.32. The van der Waals surface area contributed by atoms with Crippen molar-refractivity contribution in [3.8, 4) is 0 Å². The first kappa shape index (κ1) is 7.56.